The second kappa shape index (κ2) is 5.87. The summed E-state index contributed by atoms with van der Waals surface area (Å²) in [5.41, 5.74) is -0.263. The Kier molecular flexibility index (Phi) is 4.38. The third-order valence-electron chi connectivity index (χ3n) is 3.52. The molecule has 2 rings (SSSR count). The van der Waals surface area contributed by atoms with Crippen molar-refractivity contribution in [3.05, 3.63) is 29.6 Å². The maximum absolute atomic E-state index is 13.3. The van der Waals surface area contributed by atoms with Crippen molar-refractivity contribution in [2.45, 2.75) is 23.8 Å². The molecule has 0 amide bonds. The smallest absolute Gasteiger partial charge is 0.243 e. The standard InChI is InChI=1S/C13H16FN3O2S/c1-17(11-3-2-6-16-9-11)20(18,19)12-4-5-13(14)10(7-12)8-15/h4-5,7,11,16H,2-3,6,9H2,1H3. The number of halogens is 1. The minimum Gasteiger partial charge on any atom is -0.315 e. The largest absolute Gasteiger partial charge is 0.315 e. The molecule has 1 unspecified atom stereocenters. The van der Waals surface area contributed by atoms with Crippen LogP contribution >= 0.6 is 0 Å². The Bertz CT molecular complexity index is 634. The Morgan fingerprint density at radius 1 is 1.50 bits per heavy atom. The fraction of sp³-hybridized carbons (Fsp3) is 0.462. The van der Waals surface area contributed by atoms with Crippen molar-refractivity contribution in [3.8, 4) is 6.07 Å². The van der Waals surface area contributed by atoms with Gasteiger partial charge in [-0.15, -0.1) is 0 Å². The van der Waals surface area contributed by atoms with Crippen LogP contribution in [0.2, 0.25) is 0 Å². The number of hydrogen-bond acceptors (Lipinski definition) is 4. The minimum absolute atomic E-state index is 0.0523. The van der Waals surface area contributed by atoms with E-state index >= 15 is 0 Å². The van der Waals surface area contributed by atoms with Gasteiger partial charge in [-0.1, -0.05) is 0 Å². The summed E-state index contributed by atoms with van der Waals surface area (Å²) in [5.74, 6) is -0.714. The molecular formula is C13H16FN3O2S. The third-order valence-corrected chi connectivity index (χ3v) is 5.43. The van der Waals surface area contributed by atoms with Crippen molar-refractivity contribution < 1.29 is 12.8 Å². The molecule has 20 heavy (non-hydrogen) atoms. The van der Waals surface area contributed by atoms with Gasteiger partial charge in [0, 0.05) is 19.6 Å². The molecule has 5 nitrogen and oxygen atoms in total. The van der Waals surface area contributed by atoms with Gasteiger partial charge in [0.05, 0.1) is 10.5 Å². The summed E-state index contributed by atoms with van der Waals surface area (Å²) in [5, 5.41) is 11.9. The van der Waals surface area contributed by atoms with Gasteiger partial charge in [0.2, 0.25) is 10.0 Å². The molecule has 0 spiro atoms. The van der Waals surface area contributed by atoms with Crippen molar-refractivity contribution in [1.82, 2.24) is 9.62 Å². The molecule has 1 aliphatic heterocycles. The summed E-state index contributed by atoms with van der Waals surface area (Å²) < 4.78 is 39.5. The lowest BCUT2D eigenvalue weighted by atomic mass is 10.1. The predicted octanol–water partition coefficient (Wildman–Crippen LogP) is 1.07. The number of hydrogen-bond donors (Lipinski definition) is 1. The maximum Gasteiger partial charge on any atom is 0.243 e. The SMILES string of the molecule is CN(C1CCCNC1)S(=O)(=O)c1ccc(F)c(C#N)c1. The van der Waals surface area contributed by atoms with E-state index in [9.17, 15) is 12.8 Å². The van der Waals surface area contributed by atoms with E-state index in [4.69, 9.17) is 5.26 Å². The fourth-order valence-corrected chi connectivity index (χ4v) is 3.67. The van der Waals surface area contributed by atoms with Crippen LogP contribution in [0, 0.1) is 17.1 Å². The highest BCUT2D eigenvalue weighted by Gasteiger charge is 2.29. The number of benzene rings is 1. The normalized spacial score (nSPS) is 19.8. The van der Waals surface area contributed by atoms with Gasteiger partial charge in [-0.3, -0.25) is 0 Å². The van der Waals surface area contributed by atoms with Crippen LogP contribution in [0.15, 0.2) is 23.1 Å². The highest BCUT2D eigenvalue weighted by atomic mass is 32.2. The molecule has 1 atom stereocenters. The quantitative estimate of drug-likeness (QED) is 0.905. The molecule has 1 aliphatic rings. The number of piperidine rings is 1. The predicted molar refractivity (Wildman–Crippen MR) is 72.0 cm³/mol. The van der Waals surface area contributed by atoms with Crippen LogP contribution in [0.5, 0.6) is 0 Å². The van der Waals surface area contributed by atoms with Crippen molar-refractivity contribution >= 4 is 10.0 Å². The van der Waals surface area contributed by atoms with Gasteiger partial charge in [0.15, 0.2) is 0 Å². The van der Waals surface area contributed by atoms with Gasteiger partial charge < -0.3 is 5.32 Å². The monoisotopic (exact) mass is 297 g/mol. The van der Waals surface area contributed by atoms with Gasteiger partial charge >= 0.3 is 0 Å². The summed E-state index contributed by atoms with van der Waals surface area (Å²) in [6.07, 6.45) is 1.70. The van der Waals surface area contributed by atoms with E-state index in [1.807, 2.05) is 0 Å². The molecule has 1 saturated heterocycles. The lowest BCUT2D eigenvalue weighted by Crippen LogP contribution is -2.46. The number of sulfonamides is 1. The number of nitrogens with zero attached hydrogens (tertiary/aromatic N) is 2. The molecular weight excluding hydrogens is 281 g/mol. The molecule has 1 heterocycles. The number of nitriles is 1. The number of nitrogens with one attached hydrogen (secondary N) is 1. The highest BCUT2D eigenvalue weighted by Crippen LogP contribution is 2.21. The Balaban J connectivity index is 2.32. The van der Waals surface area contributed by atoms with Crippen LogP contribution in [0.4, 0.5) is 4.39 Å². The van der Waals surface area contributed by atoms with E-state index in [1.165, 1.54) is 17.4 Å². The summed E-state index contributed by atoms with van der Waals surface area (Å²) in [6, 6.07) is 4.82. The topological polar surface area (TPSA) is 73.2 Å². The van der Waals surface area contributed by atoms with E-state index < -0.39 is 15.8 Å². The average Bonchev–Trinajstić information content (AvgIpc) is 2.47. The van der Waals surface area contributed by atoms with Gasteiger partial charge in [-0.05, 0) is 37.6 Å². The molecule has 0 saturated carbocycles. The first-order valence-electron chi connectivity index (χ1n) is 6.35. The molecule has 0 bridgehead atoms. The first kappa shape index (κ1) is 14.9. The first-order chi connectivity index (χ1) is 9.46. The van der Waals surface area contributed by atoms with Crippen molar-refractivity contribution in [3.63, 3.8) is 0 Å². The van der Waals surface area contributed by atoms with E-state index in [0.29, 0.717) is 6.54 Å². The molecule has 0 aliphatic carbocycles. The minimum atomic E-state index is -3.71. The lowest BCUT2D eigenvalue weighted by Gasteiger charge is -2.30. The van der Waals surface area contributed by atoms with Crippen LogP contribution < -0.4 is 5.32 Å². The molecule has 1 aromatic carbocycles. The lowest BCUT2D eigenvalue weighted by molar-refractivity contribution is 0.300. The Labute approximate surface area is 118 Å². The molecule has 1 aromatic rings. The summed E-state index contributed by atoms with van der Waals surface area (Å²) in [7, 11) is -2.20. The Hall–Kier alpha value is -1.49. The van der Waals surface area contributed by atoms with Crippen molar-refractivity contribution in [2.75, 3.05) is 20.1 Å². The first-order valence-corrected chi connectivity index (χ1v) is 7.79. The fourth-order valence-electron chi connectivity index (χ4n) is 2.26. The van der Waals surface area contributed by atoms with Gasteiger partial charge in [-0.2, -0.15) is 9.57 Å². The zero-order valence-corrected chi connectivity index (χ0v) is 12.0. The number of likely N-dealkylation sites (N-methyl/N-ethyl adjacent to an activating group) is 1. The average molecular weight is 297 g/mol. The van der Waals surface area contributed by atoms with Gasteiger partial charge in [0.25, 0.3) is 0 Å². The van der Waals surface area contributed by atoms with Crippen LogP contribution in [0.25, 0.3) is 0 Å². The molecule has 7 heteroatoms. The molecule has 1 fully saturated rings. The van der Waals surface area contributed by atoms with E-state index in [-0.39, 0.29) is 16.5 Å². The second-order valence-electron chi connectivity index (χ2n) is 4.77. The van der Waals surface area contributed by atoms with Crippen LogP contribution in [0.1, 0.15) is 18.4 Å². The zero-order valence-electron chi connectivity index (χ0n) is 11.1. The van der Waals surface area contributed by atoms with Crippen molar-refractivity contribution in [1.29, 1.82) is 5.26 Å². The van der Waals surface area contributed by atoms with Gasteiger partial charge in [0.1, 0.15) is 11.9 Å². The van der Waals surface area contributed by atoms with Crippen molar-refractivity contribution in [2.24, 2.45) is 0 Å². The zero-order chi connectivity index (χ0) is 14.8. The van der Waals surface area contributed by atoms with Crippen LogP contribution in [0.3, 0.4) is 0 Å². The Morgan fingerprint density at radius 2 is 2.25 bits per heavy atom. The summed E-state index contributed by atoms with van der Waals surface area (Å²) in [4.78, 5) is -0.0523. The highest BCUT2D eigenvalue weighted by molar-refractivity contribution is 7.89. The third kappa shape index (κ3) is 2.82. The van der Waals surface area contributed by atoms with Crippen LogP contribution in [-0.2, 0) is 10.0 Å². The molecule has 108 valence electrons. The molecule has 1 N–H and O–H groups in total. The van der Waals surface area contributed by atoms with Gasteiger partial charge in [-0.25, -0.2) is 12.8 Å². The van der Waals surface area contributed by atoms with Crippen LogP contribution in [-0.4, -0.2) is 38.9 Å². The van der Waals surface area contributed by atoms with E-state index in [1.54, 1.807) is 6.07 Å². The number of rotatable bonds is 3. The summed E-state index contributed by atoms with van der Waals surface area (Å²) >= 11 is 0. The summed E-state index contributed by atoms with van der Waals surface area (Å²) in [6.45, 7) is 1.49. The maximum atomic E-state index is 13.3. The second-order valence-corrected chi connectivity index (χ2v) is 6.77. The molecule has 0 radical (unpaired) electrons. The Morgan fingerprint density at radius 3 is 2.85 bits per heavy atom. The van der Waals surface area contributed by atoms with E-state index in [2.05, 4.69) is 5.32 Å². The molecule has 0 aromatic heterocycles. The van der Waals surface area contributed by atoms with E-state index in [0.717, 1.165) is 31.5 Å².